The van der Waals surface area contributed by atoms with Crippen molar-refractivity contribution in [1.82, 2.24) is 0 Å². The van der Waals surface area contributed by atoms with Crippen LogP contribution in [0.1, 0.15) is 55.6 Å². The molecular weight excluding hydrogens is 248 g/mol. The minimum Gasteiger partial charge on any atom is -0.462 e. The maximum Gasteiger partial charge on any atom is 0.306 e. The summed E-state index contributed by atoms with van der Waals surface area (Å²) in [5, 5.41) is 0. The summed E-state index contributed by atoms with van der Waals surface area (Å²) in [5.74, 6) is 0.544. The molecule has 1 aliphatic carbocycles. The molecule has 0 aromatic heterocycles. The van der Waals surface area contributed by atoms with E-state index >= 15 is 0 Å². The SMILES string of the molecule is C=CCCC(=O)O[C@H]1CC[C@H](c2ccc(C)cc2)CC1. The Kier molecular flexibility index (Phi) is 5.40. The molecular formula is C18H24O2. The maximum absolute atomic E-state index is 11.6. The second kappa shape index (κ2) is 7.28. The second-order valence-corrected chi connectivity index (χ2v) is 5.70. The molecule has 0 aliphatic heterocycles. The number of hydrogen-bond donors (Lipinski definition) is 0. The first-order valence-corrected chi connectivity index (χ1v) is 7.56. The average molecular weight is 272 g/mol. The minimum absolute atomic E-state index is 0.0799. The molecule has 1 saturated carbocycles. The van der Waals surface area contributed by atoms with Crippen LogP contribution in [0, 0.1) is 6.92 Å². The Morgan fingerprint density at radius 3 is 2.50 bits per heavy atom. The Bertz CT molecular complexity index is 439. The first-order chi connectivity index (χ1) is 9.69. The van der Waals surface area contributed by atoms with Crippen molar-refractivity contribution in [3.8, 4) is 0 Å². The number of carbonyl (C=O) groups is 1. The molecule has 0 bridgehead atoms. The van der Waals surface area contributed by atoms with Crippen LogP contribution in [0.2, 0.25) is 0 Å². The summed E-state index contributed by atoms with van der Waals surface area (Å²) in [7, 11) is 0. The van der Waals surface area contributed by atoms with Crippen LogP contribution >= 0.6 is 0 Å². The van der Waals surface area contributed by atoms with Gasteiger partial charge in [-0.15, -0.1) is 6.58 Å². The van der Waals surface area contributed by atoms with Gasteiger partial charge >= 0.3 is 5.97 Å². The zero-order chi connectivity index (χ0) is 14.4. The van der Waals surface area contributed by atoms with Crippen LogP contribution < -0.4 is 0 Å². The molecule has 2 heteroatoms. The van der Waals surface area contributed by atoms with E-state index in [4.69, 9.17) is 4.74 Å². The summed E-state index contributed by atoms with van der Waals surface area (Å²) < 4.78 is 5.51. The van der Waals surface area contributed by atoms with Crippen LogP contribution in [0.4, 0.5) is 0 Å². The molecule has 0 atom stereocenters. The van der Waals surface area contributed by atoms with Gasteiger partial charge in [0.05, 0.1) is 0 Å². The van der Waals surface area contributed by atoms with Crippen molar-refractivity contribution in [3.63, 3.8) is 0 Å². The van der Waals surface area contributed by atoms with Gasteiger partial charge in [-0.25, -0.2) is 0 Å². The molecule has 0 spiro atoms. The third-order valence-corrected chi connectivity index (χ3v) is 4.07. The van der Waals surface area contributed by atoms with E-state index in [-0.39, 0.29) is 12.1 Å². The number of hydrogen-bond acceptors (Lipinski definition) is 2. The van der Waals surface area contributed by atoms with E-state index in [2.05, 4.69) is 37.8 Å². The molecule has 0 amide bonds. The van der Waals surface area contributed by atoms with Crippen LogP contribution in [0.5, 0.6) is 0 Å². The number of carbonyl (C=O) groups excluding carboxylic acids is 1. The minimum atomic E-state index is -0.0799. The Morgan fingerprint density at radius 1 is 1.25 bits per heavy atom. The van der Waals surface area contributed by atoms with E-state index < -0.39 is 0 Å². The van der Waals surface area contributed by atoms with Crippen molar-refractivity contribution < 1.29 is 9.53 Å². The molecule has 1 aliphatic rings. The van der Waals surface area contributed by atoms with Crippen molar-refractivity contribution in [1.29, 1.82) is 0 Å². The molecule has 1 aromatic carbocycles. The third-order valence-electron chi connectivity index (χ3n) is 4.07. The van der Waals surface area contributed by atoms with Crippen LogP contribution in [-0.4, -0.2) is 12.1 Å². The molecule has 0 saturated heterocycles. The number of benzene rings is 1. The summed E-state index contributed by atoms with van der Waals surface area (Å²) in [6.07, 6.45) is 7.24. The van der Waals surface area contributed by atoms with E-state index in [1.807, 2.05) is 0 Å². The van der Waals surface area contributed by atoms with Gasteiger partial charge in [-0.05, 0) is 50.5 Å². The predicted molar refractivity (Wildman–Crippen MR) is 81.7 cm³/mol. The van der Waals surface area contributed by atoms with E-state index in [1.165, 1.54) is 11.1 Å². The molecule has 108 valence electrons. The topological polar surface area (TPSA) is 26.3 Å². The third kappa shape index (κ3) is 4.22. The number of esters is 1. The Hall–Kier alpha value is -1.57. The first kappa shape index (κ1) is 14.8. The highest BCUT2D eigenvalue weighted by Crippen LogP contribution is 2.34. The summed E-state index contributed by atoms with van der Waals surface area (Å²) in [6, 6.07) is 8.82. The van der Waals surface area contributed by atoms with E-state index in [0.29, 0.717) is 18.8 Å². The highest BCUT2D eigenvalue weighted by atomic mass is 16.5. The highest BCUT2D eigenvalue weighted by molar-refractivity contribution is 5.69. The van der Waals surface area contributed by atoms with Crippen molar-refractivity contribution in [2.45, 2.75) is 57.5 Å². The van der Waals surface area contributed by atoms with Gasteiger partial charge in [0.2, 0.25) is 0 Å². The zero-order valence-corrected chi connectivity index (χ0v) is 12.3. The number of ether oxygens (including phenoxy) is 1. The molecule has 1 aromatic rings. The van der Waals surface area contributed by atoms with Crippen LogP contribution in [0.25, 0.3) is 0 Å². The summed E-state index contributed by atoms with van der Waals surface area (Å²) >= 11 is 0. The van der Waals surface area contributed by atoms with Crippen molar-refractivity contribution in [2.24, 2.45) is 0 Å². The molecule has 0 heterocycles. The van der Waals surface area contributed by atoms with Gasteiger partial charge in [-0.3, -0.25) is 4.79 Å². The lowest BCUT2D eigenvalue weighted by Crippen LogP contribution is -2.23. The fraction of sp³-hybridized carbons (Fsp3) is 0.500. The molecule has 2 rings (SSSR count). The summed E-state index contributed by atoms with van der Waals surface area (Å²) in [6.45, 7) is 5.74. The largest absolute Gasteiger partial charge is 0.462 e. The van der Waals surface area contributed by atoms with E-state index in [0.717, 1.165) is 25.7 Å². The van der Waals surface area contributed by atoms with Gasteiger partial charge in [-0.1, -0.05) is 35.9 Å². The van der Waals surface area contributed by atoms with Crippen LogP contribution in [0.3, 0.4) is 0 Å². The van der Waals surface area contributed by atoms with Crippen molar-refractivity contribution in [2.75, 3.05) is 0 Å². The second-order valence-electron chi connectivity index (χ2n) is 5.70. The molecule has 1 fully saturated rings. The smallest absolute Gasteiger partial charge is 0.306 e. The highest BCUT2D eigenvalue weighted by Gasteiger charge is 2.24. The quantitative estimate of drug-likeness (QED) is 0.581. The molecule has 0 unspecified atom stereocenters. The molecule has 0 radical (unpaired) electrons. The molecule has 20 heavy (non-hydrogen) atoms. The van der Waals surface area contributed by atoms with Crippen molar-refractivity contribution in [3.05, 3.63) is 48.0 Å². The monoisotopic (exact) mass is 272 g/mol. The fourth-order valence-corrected chi connectivity index (χ4v) is 2.82. The Morgan fingerprint density at radius 2 is 1.90 bits per heavy atom. The Balaban J connectivity index is 1.78. The molecule has 0 N–H and O–H groups in total. The van der Waals surface area contributed by atoms with Gasteiger partial charge in [0.15, 0.2) is 0 Å². The zero-order valence-electron chi connectivity index (χ0n) is 12.3. The fourth-order valence-electron chi connectivity index (χ4n) is 2.82. The normalized spacial score (nSPS) is 22.2. The van der Waals surface area contributed by atoms with Gasteiger partial charge < -0.3 is 4.74 Å². The first-order valence-electron chi connectivity index (χ1n) is 7.56. The lowest BCUT2D eigenvalue weighted by molar-refractivity contribution is -0.150. The van der Waals surface area contributed by atoms with E-state index in [9.17, 15) is 4.79 Å². The summed E-state index contributed by atoms with van der Waals surface area (Å²) in [4.78, 5) is 11.6. The van der Waals surface area contributed by atoms with Gasteiger partial charge in [0, 0.05) is 6.42 Å². The average Bonchev–Trinajstić information content (AvgIpc) is 2.47. The number of rotatable bonds is 5. The number of allylic oxidation sites excluding steroid dienone is 1. The van der Waals surface area contributed by atoms with Gasteiger partial charge in [0.1, 0.15) is 6.10 Å². The maximum atomic E-state index is 11.6. The Labute approximate surface area is 121 Å². The van der Waals surface area contributed by atoms with E-state index in [1.54, 1.807) is 6.08 Å². The lowest BCUT2D eigenvalue weighted by atomic mass is 9.82. The van der Waals surface area contributed by atoms with Gasteiger partial charge in [0.25, 0.3) is 0 Å². The molecule has 2 nitrogen and oxygen atoms in total. The van der Waals surface area contributed by atoms with Crippen LogP contribution in [0.15, 0.2) is 36.9 Å². The number of aryl methyl sites for hydroxylation is 1. The predicted octanol–water partition coefficient (Wildman–Crippen LogP) is 4.53. The van der Waals surface area contributed by atoms with Crippen molar-refractivity contribution >= 4 is 5.97 Å². The summed E-state index contributed by atoms with van der Waals surface area (Å²) in [5.41, 5.74) is 2.73. The van der Waals surface area contributed by atoms with Crippen LogP contribution in [-0.2, 0) is 9.53 Å². The standard InChI is InChI=1S/C18H24O2/c1-3-4-5-18(19)20-17-12-10-16(11-13-17)15-8-6-14(2)7-9-15/h3,6-9,16-17H,1,4-5,10-13H2,2H3/t16-,17-. The lowest BCUT2D eigenvalue weighted by Gasteiger charge is -2.28. The van der Waals surface area contributed by atoms with Gasteiger partial charge in [-0.2, -0.15) is 0 Å².